The molecule has 5 amide bonds. The summed E-state index contributed by atoms with van der Waals surface area (Å²) in [5.74, 6) is -2.70. The lowest BCUT2D eigenvalue weighted by atomic mass is 10.3. The highest BCUT2D eigenvalue weighted by atomic mass is 16.2. The third-order valence-electron chi connectivity index (χ3n) is 3.23. The second-order valence-electron chi connectivity index (χ2n) is 5.13. The second-order valence-corrected chi connectivity index (χ2v) is 5.13. The van der Waals surface area contributed by atoms with Crippen LogP contribution in [0.25, 0.3) is 0 Å². The highest BCUT2D eigenvalue weighted by Gasteiger charge is 2.23. The smallest absolute Gasteiger partial charge is 0.253 e. The van der Waals surface area contributed by atoms with Crippen molar-refractivity contribution in [2.75, 3.05) is 26.2 Å². The highest BCUT2D eigenvalue weighted by Crippen LogP contribution is 2.03. The Kier molecular flexibility index (Phi) is 7.97. The van der Waals surface area contributed by atoms with Crippen LogP contribution in [-0.2, 0) is 28.8 Å². The van der Waals surface area contributed by atoms with Crippen LogP contribution >= 0.6 is 0 Å². The lowest BCUT2D eigenvalue weighted by Crippen LogP contribution is -2.43. The monoisotopic (exact) mass is 352 g/mol. The summed E-state index contributed by atoms with van der Waals surface area (Å²) in [7, 11) is 0. The number of hydrogen-bond acceptors (Lipinski definition) is 6. The molecule has 10 nitrogen and oxygen atoms in total. The first-order valence-electron chi connectivity index (χ1n) is 7.68. The molecule has 25 heavy (non-hydrogen) atoms. The van der Waals surface area contributed by atoms with E-state index in [0.717, 1.165) is 17.1 Å². The minimum absolute atomic E-state index is 0.0774. The van der Waals surface area contributed by atoms with E-state index in [9.17, 15) is 28.8 Å². The molecule has 3 N–H and O–H groups in total. The minimum atomic E-state index is -0.583. The molecule has 1 aliphatic rings. The van der Waals surface area contributed by atoms with Gasteiger partial charge in [0, 0.05) is 31.5 Å². The maximum Gasteiger partial charge on any atom is 0.253 e. The van der Waals surface area contributed by atoms with Gasteiger partial charge in [0.15, 0.2) is 5.78 Å². The van der Waals surface area contributed by atoms with Crippen LogP contribution in [0.4, 0.5) is 0 Å². The molecule has 136 valence electrons. The number of Topliss-reactive ketones (excluding diaryl/α,β-unsaturated/α-hetero) is 1. The van der Waals surface area contributed by atoms with Crippen LogP contribution in [0.1, 0.15) is 19.8 Å². The van der Waals surface area contributed by atoms with E-state index in [1.54, 1.807) is 6.92 Å². The van der Waals surface area contributed by atoms with Crippen molar-refractivity contribution in [1.29, 1.82) is 0 Å². The molecule has 0 unspecified atom stereocenters. The van der Waals surface area contributed by atoms with Crippen molar-refractivity contribution in [3.63, 3.8) is 0 Å². The van der Waals surface area contributed by atoms with Crippen LogP contribution in [0, 0.1) is 0 Å². The molecule has 0 radical (unpaired) electrons. The van der Waals surface area contributed by atoms with Gasteiger partial charge >= 0.3 is 0 Å². The Morgan fingerprint density at radius 3 is 1.84 bits per heavy atom. The van der Waals surface area contributed by atoms with Gasteiger partial charge < -0.3 is 16.0 Å². The highest BCUT2D eigenvalue weighted by molar-refractivity contribution is 6.13. The molecule has 0 bridgehead atoms. The topological polar surface area (TPSA) is 142 Å². The van der Waals surface area contributed by atoms with Gasteiger partial charge in [-0.15, -0.1) is 0 Å². The van der Waals surface area contributed by atoms with E-state index in [4.69, 9.17) is 0 Å². The van der Waals surface area contributed by atoms with Crippen molar-refractivity contribution >= 4 is 35.3 Å². The molecule has 1 rings (SSSR count). The molecule has 0 aromatic rings. The number of imide groups is 1. The minimum Gasteiger partial charge on any atom is -0.347 e. The van der Waals surface area contributed by atoms with Crippen LogP contribution < -0.4 is 16.0 Å². The zero-order valence-electron chi connectivity index (χ0n) is 13.8. The summed E-state index contributed by atoms with van der Waals surface area (Å²) in [6.45, 7) is 0.843. The maximum absolute atomic E-state index is 11.6. The number of amides is 5. The van der Waals surface area contributed by atoms with Gasteiger partial charge in [0.05, 0.1) is 19.6 Å². The van der Waals surface area contributed by atoms with Gasteiger partial charge in [-0.25, -0.2) is 0 Å². The van der Waals surface area contributed by atoms with Gasteiger partial charge in [-0.05, 0) is 0 Å². The Morgan fingerprint density at radius 2 is 1.32 bits per heavy atom. The molecule has 0 aromatic carbocycles. The number of carbonyl (C=O) groups excluding carboxylic acids is 6. The first-order valence-corrected chi connectivity index (χ1v) is 7.68. The number of hydrogen-bond donors (Lipinski definition) is 3. The molecule has 0 spiro atoms. The molecular weight excluding hydrogens is 332 g/mol. The van der Waals surface area contributed by atoms with Crippen LogP contribution in [0.5, 0.6) is 0 Å². The fraction of sp³-hybridized carbons (Fsp3) is 0.467. The van der Waals surface area contributed by atoms with Gasteiger partial charge in [-0.3, -0.25) is 33.7 Å². The number of rotatable bonds is 10. The lowest BCUT2D eigenvalue weighted by Gasteiger charge is -2.13. The summed E-state index contributed by atoms with van der Waals surface area (Å²) >= 11 is 0. The standard InChI is InChI=1S/C15H20N4O6/c1-2-10(20)7-16-12(22)9-18-13(23)8-17-11(21)5-6-19-14(24)3-4-15(19)25/h3-4H,2,5-9H2,1H3,(H,16,22)(H,17,21)(H,18,23). The van der Waals surface area contributed by atoms with Gasteiger partial charge in [-0.1, -0.05) is 6.92 Å². The van der Waals surface area contributed by atoms with Crippen LogP contribution in [0.2, 0.25) is 0 Å². The number of carbonyl (C=O) groups is 6. The SMILES string of the molecule is CCC(=O)CNC(=O)CNC(=O)CNC(=O)CCN1C(=O)C=CC1=O. The van der Waals surface area contributed by atoms with Crippen LogP contribution in [0.15, 0.2) is 12.2 Å². The quantitative estimate of drug-likeness (QED) is 0.375. The van der Waals surface area contributed by atoms with Crippen molar-refractivity contribution in [3.8, 4) is 0 Å². The molecular formula is C15H20N4O6. The molecule has 10 heteroatoms. The van der Waals surface area contributed by atoms with Crippen molar-refractivity contribution in [1.82, 2.24) is 20.9 Å². The van der Waals surface area contributed by atoms with E-state index in [1.165, 1.54) is 0 Å². The van der Waals surface area contributed by atoms with Gasteiger partial charge in [0.1, 0.15) is 0 Å². The van der Waals surface area contributed by atoms with Crippen LogP contribution in [-0.4, -0.2) is 66.4 Å². The molecule has 0 atom stereocenters. The summed E-state index contributed by atoms with van der Waals surface area (Å²) in [5.41, 5.74) is 0. The average Bonchev–Trinajstić information content (AvgIpc) is 2.92. The normalized spacial score (nSPS) is 12.9. The fourth-order valence-corrected chi connectivity index (χ4v) is 1.76. The van der Waals surface area contributed by atoms with E-state index in [-0.39, 0.29) is 38.4 Å². The first-order chi connectivity index (χ1) is 11.8. The Morgan fingerprint density at radius 1 is 0.840 bits per heavy atom. The Balaban J connectivity index is 2.15. The first kappa shape index (κ1) is 20.0. The van der Waals surface area contributed by atoms with Crippen molar-refractivity contribution in [3.05, 3.63) is 12.2 Å². The summed E-state index contributed by atoms with van der Waals surface area (Å²) in [6, 6.07) is 0. The molecule has 0 fully saturated rings. The second kappa shape index (κ2) is 9.96. The number of ketones is 1. The molecule has 0 saturated heterocycles. The molecule has 1 aliphatic heterocycles. The molecule has 0 aromatic heterocycles. The van der Waals surface area contributed by atoms with E-state index in [1.807, 2.05) is 0 Å². The summed E-state index contributed by atoms with van der Waals surface area (Å²) < 4.78 is 0. The predicted octanol–water partition coefficient (Wildman–Crippen LogP) is -2.37. The zero-order chi connectivity index (χ0) is 18.8. The third-order valence-corrected chi connectivity index (χ3v) is 3.23. The molecule has 0 aliphatic carbocycles. The number of nitrogens with one attached hydrogen (secondary N) is 3. The number of nitrogens with zero attached hydrogens (tertiary/aromatic N) is 1. The average molecular weight is 352 g/mol. The van der Waals surface area contributed by atoms with Crippen molar-refractivity contribution in [2.24, 2.45) is 0 Å². The Labute approximate surface area is 144 Å². The predicted molar refractivity (Wildman–Crippen MR) is 84.8 cm³/mol. The maximum atomic E-state index is 11.6. The fourth-order valence-electron chi connectivity index (χ4n) is 1.76. The van der Waals surface area contributed by atoms with Gasteiger partial charge in [0.2, 0.25) is 17.7 Å². The van der Waals surface area contributed by atoms with E-state index in [0.29, 0.717) is 6.42 Å². The summed E-state index contributed by atoms with van der Waals surface area (Å²) in [5, 5.41) is 6.95. The summed E-state index contributed by atoms with van der Waals surface area (Å²) in [6.07, 6.45) is 2.41. The Hall–Kier alpha value is -3.04. The lowest BCUT2D eigenvalue weighted by molar-refractivity contribution is -0.137. The van der Waals surface area contributed by atoms with Gasteiger partial charge in [0.25, 0.3) is 11.8 Å². The van der Waals surface area contributed by atoms with E-state index in [2.05, 4.69) is 16.0 Å². The largest absolute Gasteiger partial charge is 0.347 e. The molecule has 0 saturated carbocycles. The Bertz CT molecular complexity index is 595. The third kappa shape index (κ3) is 7.38. The van der Waals surface area contributed by atoms with E-state index < -0.39 is 29.5 Å². The van der Waals surface area contributed by atoms with Crippen LogP contribution in [0.3, 0.4) is 0 Å². The summed E-state index contributed by atoms with van der Waals surface area (Å²) in [4.78, 5) is 69.0. The van der Waals surface area contributed by atoms with Gasteiger partial charge in [-0.2, -0.15) is 0 Å². The molecule has 1 heterocycles. The van der Waals surface area contributed by atoms with Crippen molar-refractivity contribution in [2.45, 2.75) is 19.8 Å². The van der Waals surface area contributed by atoms with E-state index >= 15 is 0 Å². The zero-order valence-corrected chi connectivity index (χ0v) is 13.8. The van der Waals surface area contributed by atoms with Crippen molar-refractivity contribution < 1.29 is 28.8 Å².